The van der Waals surface area contributed by atoms with Crippen molar-refractivity contribution in [2.75, 3.05) is 18.9 Å². The molecule has 2 unspecified atom stereocenters. The van der Waals surface area contributed by atoms with Crippen molar-refractivity contribution in [3.05, 3.63) is 29.6 Å². The standard InChI is InChI=1S/C14H17FN2O3/c1-8-6-9(8)7-17(2)14(20)16-12-10(13(18)19)4-3-5-11(12)15/h3-5,8-9H,6-7H2,1-2H3,(H,16,20)(H,18,19). The zero-order valence-electron chi connectivity index (χ0n) is 11.4. The Kier molecular flexibility index (Phi) is 3.92. The Labute approximate surface area is 116 Å². The van der Waals surface area contributed by atoms with Crippen LogP contribution in [0.3, 0.4) is 0 Å². The zero-order valence-corrected chi connectivity index (χ0v) is 11.4. The first-order valence-electron chi connectivity index (χ1n) is 6.44. The molecule has 2 amide bonds. The summed E-state index contributed by atoms with van der Waals surface area (Å²) in [5.41, 5.74) is -0.549. The summed E-state index contributed by atoms with van der Waals surface area (Å²) in [7, 11) is 1.61. The van der Waals surface area contributed by atoms with Gasteiger partial charge in [-0.15, -0.1) is 0 Å². The quantitative estimate of drug-likeness (QED) is 0.890. The van der Waals surface area contributed by atoms with Crippen LogP contribution in [0.4, 0.5) is 14.9 Å². The van der Waals surface area contributed by atoms with Gasteiger partial charge in [-0.2, -0.15) is 0 Å². The number of carbonyl (C=O) groups excluding carboxylic acids is 1. The van der Waals surface area contributed by atoms with Crippen LogP contribution in [0.2, 0.25) is 0 Å². The SMILES string of the molecule is CC1CC1CN(C)C(=O)Nc1c(F)cccc1C(=O)O. The van der Waals surface area contributed by atoms with Gasteiger partial charge in [0, 0.05) is 13.6 Å². The molecule has 0 saturated heterocycles. The lowest BCUT2D eigenvalue weighted by Gasteiger charge is -2.19. The van der Waals surface area contributed by atoms with Crippen molar-refractivity contribution in [1.29, 1.82) is 0 Å². The number of nitrogens with one attached hydrogen (secondary N) is 1. The van der Waals surface area contributed by atoms with E-state index in [1.54, 1.807) is 7.05 Å². The lowest BCUT2D eigenvalue weighted by atomic mass is 10.1. The van der Waals surface area contributed by atoms with Crippen LogP contribution in [0.25, 0.3) is 0 Å². The predicted octanol–water partition coefficient (Wildman–Crippen LogP) is 2.64. The van der Waals surface area contributed by atoms with Crippen LogP contribution in [0.15, 0.2) is 18.2 Å². The van der Waals surface area contributed by atoms with Crippen molar-refractivity contribution in [1.82, 2.24) is 4.90 Å². The van der Waals surface area contributed by atoms with E-state index in [4.69, 9.17) is 5.11 Å². The third-order valence-electron chi connectivity index (χ3n) is 3.61. The fourth-order valence-electron chi connectivity index (χ4n) is 2.12. The molecule has 0 spiro atoms. The molecule has 1 saturated carbocycles. The lowest BCUT2D eigenvalue weighted by Crippen LogP contribution is -2.34. The lowest BCUT2D eigenvalue weighted by molar-refractivity contribution is 0.0697. The van der Waals surface area contributed by atoms with E-state index >= 15 is 0 Å². The highest BCUT2D eigenvalue weighted by molar-refractivity contribution is 6.00. The summed E-state index contributed by atoms with van der Waals surface area (Å²) < 4.78 is 13.7. The molecule has 1 aliphatic rings. The molecule has 2 N–H and O–H groups in total. The van der Waals surface area contributed by atoms with Crippen molar-refractivity contribution < 1.29 is 19.1 Å². The molecule has 1 aliphatic carbocycles. The van der Waals surface area contributed by atoms with Gasteiger partial charge in [0.2, 0.25) is 0 Å². The Morgan fingerprint density at radius 1 is 1.50 bits per heavy atom. The number of hydrogen-bond donors (Lipinski definition) is 2. The summed E-state index contributed by atoms with van der Waals surface area (Å²) >= 11 is 0. The van der Waals surface area contributed by atoms with Gasteiger partial charge >= 0.3 is 12.0 Å². The summed E-state index contributed by atoms with van der Waals surface area (Å²) in [4.78, 5) is 24.4. The van der Waals surface area contributed by atoms with Crippen LogP contribution in [0.1, 0.15) is 23.7 Å². The molecular weight excluding hydrogens is 263 g/mol. The zero-order chi connectivity index (χ0) is 14.9. The molecular formula is C14H17FN2O3. The second-order valence-electron chi connectivity index (χ2n) is 5.25. The van der Waals surface area contributed by atoms with Crippen molar-refractivity contribution in [3.63, 3.8) is 0 Å². The highest BCUT2D eigenvalue weighted by atomic mass is 19.1. The van der Waals surface area contributed by atoms with Crippen LogP contribution < -0.4 is 5.32 Å². The number of hydrogen-bond acceptors (Lipinski definition) is 2. The number of carbonyl (C=O) groups is 2. The smallest absolute Gasteiger partial charge is 0.337 e. The fourth-order valence-corrected chi connectivity index (χ4v) is 2.12. The maximum atomic E-state index is 13.7. The first-order chi connectivity index (χ1) is 9.40. The third kappa shape index (κ3) is 3.07. The van der Waals surface area contributed by atoms with Crippen LogP contribution in [0.5, 0.6) is 0 Å². The Morgan fingerprint density at radius 3 is 2.70 bits per heavy atom. The van der Waals surface area contributed by atoms with Crippen molar-refractivity contribution in [2.45, 2.75) is 13.3 Å². The van der Waals surface area contributed by atoms with Gasteiger partial charge in [0.25, 0.3) is 0 Å². The van der Waals surface area contributed by atoms with Gasteiger partial charge in [0.1, 0.15) is 5.82 Å². The first-order valence-corrected chi connectivity index (χ1v) is 6.44. The first kappa shape index (κ1) is 14.3. The van der Waals surface area contributed by atoms with Gasteiger partial charge in [-0.05, 0) is 30.4 Å². The van der Waals surface area contributed by atoms with E-state index in [1.807, 2.05) is 0 Å². The number of para-hydroxylation sites is 1. The van der Waals surface area contributed by atoms with E-state index in [9.17, 15) is 14.0 Å². The van der Waals surface area contributed by atoms with Crippen LogP contribution in [0, 0.1) is 17.7 Å². The summed E-state index contributed by atoms with van der Waals surface area (Å²) in [5, 5.41) is 11.3. The number of carboxylic acid groups (broad SMARTS) is 1. The van der Waals surface area contributed by atoms with E-state index in [-0.39, 0.29) is 11.3 Å². The Hall–Kier alpha value is -2.11. The number of rotatable bonds is 4. The third-order valence-corrected chi connectivity index (χ3v) is 3.61. The average molecular weight is 280 g/mol. The molecule has 0 aromatic heterocycles. The van der Waals surface area contributed by atoms with Crippen molar-refractivity contribution in [3.8, 4) is 0 Å². The van der Waals surface area contributed by atoms with Gasteiger partial charge in [-0.3, -0.25) is 0 Å². The second kappa shape index (κ2) is 5.48. The summed E-state index contributed by atoms with van der Waals surface area (Å²) in [6.07, 6.45) is 1.08. The van der Waals surface area contributed by atoms with E-state index in [0.29, 0.717) is 18.4 Å². The molecule has 0 aliphatic heterocycles. The number of urea groups is 1. The number of carboxylic acids is 1. The topological polar surface area (TPSA) is 69.6 Å². The maximum Gasteiger partial charge on any atom is 0.337 e. The van der Waals surface area contributed by atoms with Gasteiger partial charge < -0.3 is 15.3 Å². The molecule has 5 nitrogen and oxygen atoms in total. The molecule has 2 atom stereocenters. The van der Waals surface area contributed by atoms with Crippen LogP contribution in [-0.4, -0.2) is 35.6 Å². The van der Waals surface area contributed by atoms with Gasteiger partial charge in [-0.25, -0.2) is 14.0 Å². The molecule has 1 aromatic rings. The summed E-state index contributed by atoms with van der Waals surface area (Å²) in [6, 6.07) is 3.16. The van der Waals surface area contributed by atoms with E-state index in [1.165, 1.54) is 17.0 Å². The Balaban J connectivity index is 2.09. The summed E-state index contributed by atoms with van der Waals surface area (Å²) in [6.45, 7) is 2.69. The maximum absolute atomic E-state index is 13.7. The minimum atomic E-state index is -1.28. The predicted molar refractivity (Wildman–Crippen MR) is 72.3 cm³/mol. The highest BCUT2D eigenvalue weighted by Gasteiger charge is 2.34. The monoisotopic (exact) mass is 280 g/mol. The number of benzene rings is 1. The molecule has 0 heterocycles. The molecule has 2 rings (SSSR count). The van der Waals surface area contributed by atoms with Crippen LogP contribution >= 0.6 is 0 Å². The molecule has 6 heteroatoms. The van der Waals surface area contributed by atoms with Gasteiger partial charge in [-0.1, -0.05) is 13.0 Å². The fraction of sp³-hybridized carbons (Fsp3) is 0.429. The summed E-state index contributed by atoms with van der Waals surface area (Å²) in [5.74, 6) is -0.955. The minimum Gasteiger partial charge on any atom is -0.478 e. The molecule has 1 aromatic carbocycles. The average Bonchev–Trinajstić information content (AvgIpc) is 3.06. The molecule has 1 fully saturated rings. The van der Waals surface area contributed by atoms with Gasteiger partial charge in [0.05, 0.1) is 11.3 Å². The number of aromatic carboxylic acids is 1. The van der Waals surface area contributed by atoms with E-state index in [0.717, 1.165) is 12.5 Å². The number of nitrogens with zero attached hydrogens (tertiary/aromatic N) is 1. The minimum absolute atomic E-state index is 0.258. The highest BCUT2D eigenvalue weighted by Crippen LogP contribution is 2.38. The van der Waals surface area contributed by atoms with E-state index < -0.39 is 17.8 Å². The molecule has 20 heavy (non-hydrogen) atoms. The normalized spacial score (nSPS) is 20.4. The molecule has 0 bridgehead atoms. The number of halogens is 1. The van der Waals surface area contributed by atoms with Crippen molar-refractivity contribution in [2.24, 2.45) is 11.8 Å². The van der Waals surface area contributed by atoms with Crippen molar-refractivity contribution >= 4 is 17.7 Å². The Morgan fingerprint density at radius 2 is 2.15 bits per heavy atom. The van der Waals surface area contributed by atoms with Gasteiger partial charge in [0.15, 0.2) is 0 Å². The number of amides is 2. The van der Waals surface area contributed by atoms with E-state index in [2.05, 4.69) is 12.2 Å². The van der Waals surface area contributed by atoms with Crippen LogP contribution in [-0.2, 0) is 0 Å². The molecule has 0 radical (unpaired) electrons. The number of anilines is 1. The largest absolute Gasteiger partial charge is 0.478 e. The Bertz CT molecular complexity index is 547. The molecule has 108 valence electrons. The second-order valence-corrected chi connectivity index (χ2v) is 5.25.